The van der Waals surface area contributed by atoms with Crippen LogP contribution >= 0.6 is 74.4 Å². The van der Waals surface area contributed by atoms with Crippen molar-refractivity contribution in [1.29, 1.82) is 0 Å². The van der Waals surface area contributed by atoms with Gasteiger partial charge in [0, 0.05) is 39.0 Å². The van der Waals surface area contributed by atoms with E-state index in [1.807, 2.05) is 0 Å². The number of halogens is 6. The first-order valence-electron chi connectivity index (χ1n) is 0. The van der Waals surface area contributed by atoms with E-state index in [0.29, 0.717) is 0 Å². The molecule has 8 heavy (non-hydrogen) atoms. The molecule has 0 fully saturated rings. The maximum absolute atomic E-state index is 0. The van der Waals surface area contributed by atoms with E-state index in [4.69, 9.17) is 0 Å². The van der Waals surface area contributed by atoms with Gasteiger partial charge < -0.3 is 0 Å². The predicted molar refractivity (Wildman–Crippen MR) is 43.5 cm³/mol. The van der Waals surface area contributed by atoms with Gasteiger partial charge in [-0.25, -0.2) is 0 Å². The third-order valence-electron chi connectivity index (χ3n) is 0. The first-order valence-corrected chi connectivity index (χ1v) is 0. The van der Waals surface area contributed by atoms with Gasteiger partial charge in [-0.2, -0.15) is 0 Å². The van der Waals surface area contributed by atoms with Gasteiger partial charge in [-0.05, 0) is 0 Å². The smallest absolute Gasteiger partial charge is 0 e. The Morgan fingerprint density at radius 2 is 0.375 bits per heavy atom. The van der Waals surface area contributed by atoms with E-state index in [1.165, 1.54) is 0 Å². The Morgan fingerprint density at radius 1 is 0.375 bits per heavy atom. The van der Waals surface area contributed by atoms with E-state index in [-0.39, 0.29) is 113 Å². The molecule has 0 saturated carbocycles. The van der Waals surface area contributed by atoms with Crippen molar-refractivity contribution < 1.29 is 39.0 Å². The zero-order chi connectivity index (χ0) is 0. The van der Waals surface area contributed by atoms with Crippen LogP contribution in [0.5, 0.6) is 0 Å². The Morgan fingerprint density at radius 3 is 0.375 bits per heavy atom. The van der Waals surface area contributed by atoms with Crippen molar-refractivity contribution in [3.05, 3.63) is 0 Å². The summed E-state index contributed by atoms with van der Waals surface area (Å²) >= 11 is 0. The molecule has 0 N–H and O–H groups in total. The van der Waals surface area contributed by atoms with Crippen molar-refractivity contribution >= 4 is 74.4 Å². The molecule has 0 aromatic carbocycles. The summed E-state index contributed by atoms with van der Waals surface area (Å²) in [5.41, 5.74) is 0. The molecule has 0 aliphatic rings. The average Bonchev–Trinajstić information content (AvgIpc) is 0. The average molecular weight is 423 g/mol. The molecule has 0 bridgehead atoms. The second kappa shape index (κ2) is 90.4. The summed E-state index contributed by atoms with van der Waals surface area (Å²) in [5.74, 6) is 0. The molecule has 0 nitrogen and oxygen atoms in total. The van der Waals surface area contributed by atoms with Gasteiger partial charge in [0.15, 0.2) is 0 Å². The first kappa shape index (κ1) is 123. The van der Waals surface area contributed by atoms with Gasteiger partial charge >= 0.3 is 0 Å². The molecule has 0 heterocycles. The van der Waals surface area contributed by atoms with Crippen molar-refractivity contribution in [2.24, 2.45) is 0 Å². The third-order valence-corrected chi connectivity index (χ3v) is 0. The van der Waals surface area contributed by atoms with Crippen LogP contribution < -0.4 is 0 Å². The number of rotatable bonds is 0. The normalized spacial score (nSPS) is 0. The van der Waals surface area contributed by atoms with E-state index in [9.17, 15) is 0 Å². The van der Waals surface area contributed by atoms with Crippen LogP contribution in [0.2, 0.25) is 0 Å². The van der Waals surface area contributed by atoms with Gasteiger partial charge in [-0.3, -0.25) is 0 Å². The van der Waals surface area contributed by atoms with Crippen molar-refractivity contribution in [3.8, 4) is 0 Å². The minimum Gasteiger partial charge on any atom is -0.147 e. The monoisotopic (exact) mass is 421 g/mol. The fourth-order valence-electron chi connectivity index (χ4n) is 0. The Labute approximate surface area is 112 Å². The summed E-state index contributed by atoms with van der Waals surface area (Å²) in [5, 5.41) is 0. The van der Waals surface area contributed by atoms with E-state index in [0.717, 1.165) is 0 Å². The predicted octanol–water partition coefficient (Wildman–Crippen LogP) is 2.53. The summed E-state index contributed by atoms with van der Waals surface area (Å²) in [6.07, 6.45) is 0. The van der Waals surface area contributed by atoms with E-state index < -0.39 is 0 Å². The van der Waals surface area contributed by atoms with Gasteiger partial charge in [0.25, 0.3) is 0 Å². The quantitative estimate of drug-likeness (QED) is 0.526. The Hall–Kier alpha value is 2.99. The van der Waals surface area contributed by atoms with E-state index in [2.05, 4.69) is 0 Å². The van der Waals surface area contributed by atoms with Crippen molar-refractivity contribution in [2.45, 2.75) is 0 Å². The summed E-state index contributed by atoms with van der Waals surface area (Å²) in [6.45, 7) is 0. The van der Waals surface area contributed by atoms with Gasteiger partial charge in [0.2, 0.25) is 0 Å². The second-order valence-corrected chi connectivity index (χ2v) is 0. The summed E-state index contributed by atoms with van der Waals surface area (Å²) in [4.78, 5) is 0. The van der Waals surface area contributed by atoms with Gasteiger partial charge in [-0.1, -0.05) is 0 Å². The fourth-order valence-corrected chi connectivity index (χ4v) is 0. The van der Waals surface area contributed by atoms with Gasteiger partial charge in [0.05, 0.1) is 0 Å². The number of hydrogen-bond acceptors (Lipinski definition) is 0. The zero-order valence-electron chi connectivity index (χ0n) is 3.14. The topological polar surface area (TPSA) is 0 Å². The van der Waals surface area contributed by atoms with Crippen LogP contribution in [-0.2, 0) is 39.0 Å². The summed E-state index contributed by atoms with van der Waals surface area (Å²) in [6, 6.07) is 0. The van der Waals surface area contributed by atoms with Gasteiger partial charge in [0.1, 0.15) is 0 Å². The molecule has 0 spiro atoms. The molecule has 0 aromatic rings. The third kappa shape index (κ3) is 64.3. The SMILES string of the molecule is Cl.Cl.Cl.Cl.Cl.Cl.[Rh].[Ru]. The van der Waals surface area contributed by atoms with Crippen LogP contribution in [0, 0.1) is 0 Å². The zero-order valence-corrected chi connectivity index (χ0v) is 11.4. The van der Waals surface area contributed by atoms with Crippen molar-refractivity contribution in [3.63, 3.8) is 0 Å². The standard InChI is InChI=1S/6ClH.Rh.Ru/h6*1H;;. The molecule has 1 radical (unpaired) electrons. The molecular weight excluding hydrogens is 417 g/mol. The van der Waals surface area contributed by atoms with E-state index >= 15 is 0 Å². The van der Waals surface area contributed by atoms with Crippen LogP contribution in [0.1, 0.15) is 0 Å². The van der Waals surface area contributed by atoms with Crippen LogP contribution in [0.15, 0.2) is 0 Å². The number of hydrogen-bond donors (Lipinski definition) is 0. The molecule has 0 amide bonds. The van der Waals surface area contributed by atoms with Gasteiger partial charge in [-0.15, -0.1) is 74.4 Å². The second-order valence-electron chi connectivity index (χ2n) is 0. The maximum Gasteiger partial charge on any atom is 0 e. The van der Waals surface area contributed by atoms with Crippen LogP contribution in [0.4, 0.5) is 0 Å². The summed E-state index contributed by atoms with van der Waals surface area (Å²) < 4.78 is 0. The summed E-state index contributed by atoms with van der Waals surface area (Å²) in [7, 11) is 0. The molecular formula is H6Cl6RhRu. The molecule has 0 aliphatic carbocycles. The molecule has 0 rings (SSSR count). The Bertz CT molecular complexity index is 8.49. The Balaban J connectivity index is 0. The van der Waals surface area contributed by atoms with Crippen molar-refractivity contribution in [1.82, 2.24) is 0 Å². The Kier molecular flexibility index (Phi) is 1390. The molecule has 8 heteroatoms. The minimum absolute atomic E-state index is 0. The largest absolute Gasteiger partial charge is 0.147 e. The first-order chi connectivity index (χ1) is 0. The maximum atomic E-state index is 0. The fraction of sp³-hybridized carbons (Fsp3) is 0. The van der Waals surface area contributed by atoms with Crippen molar-refractivity contribution in [2.75, 3.05) is 0 Å². The molecule has 0 aliphatic heterocycles. The molecule has 0 saturated heterocycles. The molecule has 0 atom stereocenters. The molecule has 65 valence electrons. The van der Waals surface area contributed by atoms with Crippen LogP contribution in [0.25, 0.3) is 0 Å². The van der Waals surface area contributed by atoms with Crippen LogP contribution in [-0.4, -0.2) is 0 Å². The minimum atomic E-state index is 0. The molecule has 0 aromatic heterocycles. The molecule has 0 unspecified atom stereocenters. The van der Waals surface area contributed by atoms with Crippen LogP contribution in [0.3, 0.4) is 0 Å². The van der Waals surface area contributed by atoms with E-state index in [1.54, 1.807) is 0 Å².